The van der Waals surface area contributed by atoms with Crippen molar-refractivity contribution in [2.24, 2.45) is 0 Å². The molecule has 1 fully saturated rings. The summed E-state index contributed by atoms with van der Waals surface area (Å²) in [4.78, 5) is 22.1. The van der Waals surface area contributed by atoms with Crippen molar-refractivity contribution in [3.8, 4) is 0 Å². The number of nitrogens with one attached hydrogen (secondary N) is 1. The van der Waals surface area contributed by atoms with Crippen molar-refractivity contribution in [1.29, 1.82) is 0 Å². The third-order valence-electron chi connectivity index (χ3n) is 5.96. The van der Waals surface area contributed by atoms with Gasteiger partial charge in [0.1, 0.15) is 11.0 Å². The molecule has 4 rings (SSSR count). The Morgan fingerprint density at radius 3 is 2.67 bits per heavy atom. The van der Waals surface area contributed by atoms with E-state index in [2.05, 4.69) is 15.3 Å². The van der Waals surface area contributed by atoms with E-state index in [0.717, 1.165) is 36.6 Å². The normalized spacial score (nSPS) is 18.8. The van der Waals surface area contributed by atoms with E-state index in [1.165, 1.54) is 6.07 Å². The minimum atomic E-state index is -0.636. The molecule has 1 saturated heterocycles. The van der Waals surface area contributed by atoms with Crippen LogP contribution in [-0.4, -0.2) is 45.0 Å². The van der Waals surface area contributed by atoms with Gasteiger partial charge in [0.05, 0.1) is 12.3 Å². The van der Waals surface area contributed by atoms with Gasteiger partial charge in [-0.15, -0.1) is 0 Å². The van der Waals surface area contributed by atoms with E-state index in [9.17, 15) is 14.3 Å². The van der Waals surface area contributed by atoms with Crippen molar-refractivity contribution >= 4 is 17.5 Å². The van der Waals surface area contributed by atoms with Gasteiger partial charge in [-0.25, -0.2) is 9.37 Å². The smallest absolute Gasteiger partial charge is 0.253 e. The molecule has 0 spiro atoms. The Labute approximate surface area is 197 Å². The molecule has 8 heteroatoms. The molecule has 3 heterocycles. The van der Waals surface area contributed by atoms with Gasteiger partial charge in [-0.2, -0.15) is 0 Å². The molecular weight excluding hydrogens is 443 g/mol. The van der Waals surface area contributed by atoms with Crippen molar-refractivity contribution in [1.82, 2.24) is 20.2 Å². The molecule has 6 nitrogen and oxygen atoms in total. The van der Waals surface area contributed by atoms with Crippen LogP contribution in [0.3, 0.4) is 0 Å². The monoisotopic (exact) mass is 468 g/mol. The van der Waals surface area contributed by atoms with Gasteiger partial charge in [-0.1, -0.05) is 29.8 Å². The number of pyridine rings is 2. The van der Waals surface area contributed by atoms with Crippen LogP contribution in [0.4, 0.5) is 4.39 Å². The van der Waals surface area contributed by atoms with Crippen LogP contribution in [-0.2, 0) is 13.0 Å². The lowest BCUT2D eigenvalue weighted by atomic mass is 10.0. The second kappa shape index (κ2) is 10.4. The fourth-order valence-electron chi connectivity index (χ4n) is 4.23. The zero-order valence-corrected chi connectivity index (χ0v) is 19.0. The lowest BCUT2D eigenvalue weighted by Gasteiger charge is -2.20. The fraction of sp³-hybridized carbons (Fsp3) is 0.320. The molecule has 3 atom stereocenters. The molecule has 3 aromatic rings. The van der Waals surface area contributed by atoms with Crippen molar-refractivity contribution < 1.29 is 14.3 Å². The first kappa shape index (κ1) is 23.3. The highest BCUT2D eigenvalue weighted by Crippen LogP contribution is 2.27. The Bertz CT molecular complexity index is 1090. The highest BCUT2D eigenvalue weighted by atomic mass is 35.5. The second-order valence-corrected chi connectivity index (χ2v) is 8.87. The standard InChI is InChI=1S/C25H26ClFN4O2/c1-31(15-17-10-20(27)14-28-12-17)25(33)18-4-2-16(3-5-18)11-21-7-8-22(30-21)24(32)19-6-9-23(26)29-13-19/h2-6,9-10,12-14,21-22,24,30,32H,7-8,11,15H2,1H3/t21-,22+,24?/m0/s1. The summed E-state index contributed by atoms with van der Waals surface area (Å²) in [5.74, 6) is -0.553. The minimum absolute atomic E-state index is 0.0372. The third kappa shape index (κ3) is 5.93. The lowest BCUT2D eigenvalue weighted by Crippen LogP contribution is -2.35. The Morgan fingerprint density at radius 2 is 1.97 bits per heavy atom. The summed E-state index contributed by atoms with van der Waals surface area (Å²) >= 11 is 5.83. The van der Waals surface area contributed by atoms with Gasteiger partial charge >= 0.3 is 0 Å². The van der Waals surface area contributed by atoms with Gasteiger partial charge in [0.2, 0.25) is 0 Å². The minimum Gasteiger partial charge on any atom is -0.387 e. The molecule has 1 unspecified atom stereocenters. The molecule has 1 aromatic carbocycles. The molecule has 1 amide bonds. The fourth-order valence-corrected chi connectivity index (χ4v) is 4.34. The number of benzene rings is 1. The molecule has 2 N–H and O–H groups in total. The zero-order chi connectivity index (χ0) is 23.4. The van der Waals surface area contributed by atoms with Gasteiger partial charge in [-0.3, -0.25) is 9.78 Å². The number of carbonyl (C=O) groups is 1. The van der Waals surface area contributed by atoms with Gasteiger partial charge in [0.25, 0.3) is 5.91 Å². The number of amides is 1. The van der Waals surface area contributed by atoms with E-state index in [0.29, 0.717) is 16.3 Å². The predicted octanol–water partition coefficient (Wildman–Crippen LogP) is 3.94. The van der Waals surface area contributed by atoms with Crippen LogP contribution in [0.15, 0.2) is 61.1 Å². The van der Waals surface area contributed by atoms with E-state index in [1.807, 2.05) is 24.3 Å². The number of hydrogen-bond acceptors (Lipinski definition) is 5. The lowest BCUT2D eigenvalue weighted by molar-refractivity contribution is 0.0785. The Kier molecular flexibility index (Phi) is 7.33. The Balaban J connectivity index is 1.31. The summed E-state index contributed by atoms with van der Waals surface area (Å²) in [5.41, 5.74) is 3.08. The van der Waals surface area contributed by atoms with Crippen LogP contribution in [0.25, 0.3) is 0 Å². The van der Waals surface area contributed by atoms with E-state index in [4.69, 9.17) is 11.6 Å². The van der Waals surface area contributed by atoms with Crippen LogP contribution >= 0.6 is 11.6 Å². The Hall–Kier alpha value is -2.87. The van der Waals surface area contributed by atoms with E-state index in [-0.39, 0.29) is 24.5 Å². The molecule has 0 radical (unpaired) electrons. The second-order valence-electron chi connectivity index (χ2n) is 8.48. The summed E-state index contributed by atoms with van der Waals surface area (Å²) in [5, 5.41) is 14.6. The number of aliphatic hydroxyl groups excluding tert-OH is 1. The van der Waals surface area contributed by atoms with E-state index < -0.39 is 11.9 Å². The van der Waals surface area contributed by atoms with E-state index >= 15 is 0 Å². The van der Waals surface area contributed by atoms with Crippen molar-refractivity contribution in [3.05, 3.63) is 94.3 Å². The molecule has 172 valence electrons. The topological polar surface area (TPSA) is 78.4 Å². The maximum absolute atomic E-state index is 13.3. The van der Waals surface area contributed by atoms with Crippen molar-refractivity contribution in [3.63, 3.8) is 0 Å². The van der Waals surface area contributed by atoms with Crippen LogP contribution in [0.2, 0.25) is 5.15 Å². The van der Waals surface area contributed by atoms with Crippen molar-refractivity contribution in [2.75, 3.05) is 7.05 Å². The average Bonchev–Trinajstić information content (AvgIpc) is 3.27. The maximum Gasteiger partial charge on any atom is 0.253 e. The number of rotatable bonds is 7. The molecule has 1 aliphatic heterocycles. The first-order valence-electron chi connectivity index (χ1n) is 10.9. The number of halogens is 2. The number of aliphatic hydroxyl groups is 1. The van der Waals surface area contributed by atoms with Crippen LogP contribution < -0.4 is 5.32 Å². The van der Waals surface area contributed by atoms with Gasteiger partial charge in [0, 0.05) is 49.2 Å². The summed E-state index contributed by atoms with van der Waals surface area (Å²) in [7, 11) is 1.69. The molecule has 0 bridgehead atoms. The van der Waals surface area contributed by atoms with Crippen LogP contribution in [0, 0.1) is 5.82 Å². The molecular formula is C25H26ClFN4O2. The largest absolute Gasteiger partial charge is 0.387 e. The van der Waals surface area contributed by atoms with Gasteiger partial charge < -0.3 is 15.3 Å². The van der Waals surface area contributed by atoms with Gasteiger partial charge in [-0.05, 0) is 54.7 Å². The predicted molar refractivity (Wildman–Crippen MR) is 124 cm³/mol. The summed E-state index contributed by atoms with van der Waals surface area (Å²) in [6.45, 7) is 0.282. The zero-order valence-electron chi connectivity index (χ0n) is 18.3. The highest BCUT2D eigenvalue weighted by molar-refractivity contribution is 6.29. The van der Waals surface area contributed by atoms with Gasteiger partial charge in [0.15, 0.2) is 0 Å². The third-order valence-corrected chi connectivity index (χ3v) is 6.18. The average molecular weight is 469 g/mol. The first-order chi connectivity index (χ1) is 15.9. The maximum atomic E-state index is 13.3. The summed E-state index contributed by atoms with van der Waals surface area (Å²) < 4.78 is 13.3. The summed E-state index contributed by atoms with van der Waals surface area (Å²) in [6.07, 6.45) is 6.29. The SMILES string of the molecule is CN(Cc1cncc(F)c1)C(=O)c1ccc(C[C@@H]2CC[C@H](C(O)c3ccc(Cl)nc3)N2)cc1. The summed E-state index contributed by atoms with van der Waals surface area (Å²) in [6, 6.07) is 12.6. The first-order valence-corrected chi connectivity index (χ1v) is 11.3. The molecule has 1 aliphatic rings. The quantitative estimate of drug-likeness (QED) is 0.513. The molecule has 0 saturated carbocycles. The van der Waals surface area contributed by atoms with Crippen LogP contribution in [0.1, 0.15) is 46.0 Å². The molecule has 0 aliphatic carbocycles. The number of aromatic nitrogens is 2. The molecule has 2 aromatic heterocycles. The van der Waals surface area contributed by atoms with Crippen molar-refractivity contribution in [2.45, 2.75) is 44.0 Å². The van der Waals surface area contributed by atoms with Crippen LogP contribution in [0.5, 0.6) is 0 Å². The number of hydrogen-bond donors (Lipinski definition) is 2. The van der Waals surface area contributed by atoms with E-state index in [1.54, 1.807) is 36.5 Å². The number of carbonyl (C=O) groups excluding carboxylic acids is 1. The highest BCUT2D eigenvalue weighted by Gasteiger charge is 2.30. The molecule has 33 heavy (non-hydrogen) atoms. The number of nitrogens with zero attached hydrogens (tertiary/aromatic N) is 3. The Morgan fingerprint density at radius 1 is 1.18 bits per heavy atom.